The highest BCUT2D eigenvalue weighted by atomic mass is 32.1. The van der Waals surface area contributed by atoms with Crippen LogP contribution in [0.2, 0.25) is 0 Å². The maximum Gasteiger partial charge on any atom is 0.260 e. The second-order valence-electron chi connectivity index (χ2n) is 7.27. The zero-order chi connectivity index (χ0) is 17.6. The Labute approximate surface area is 155 Å². The van der Waals surface area contributed by atoms with Gasteiger partial charge in [-0.25, -0.2) is 4.98 Å². The maximum atomic E-state index is 12.7. The first-order valence-electron chi connectivity index (χ1n) is 8.95. The molecule has 0 aliphatic heterocycles. The number of fused-ring (bicyclic) bond motifs is 3. The molecule has 25 heavy (non-hydrogen) atoms. The van der Waals surface area contributed by atoms with E-state index in [1.54, 1.807) is 22.7 Å². The molecule has 0 amide bonds. The molecule has 3 atom stereocenters. The van der Waals surface area contributed by atoms with Crippen molar-refractivity contribution in [2.45, 2.75) is 52.1 Å². The van der Waals surface area contributed by atoms with Crippen LogP contribution in [0.5, 0.6) is 0 Å². The number of nitrogens with two attached hydrogens (primary N) is 1. The van der Waals surface area contributed by atoms with E-state index >= 15 is 0 Å². The number of nitrogens with zero attached hydrogens (tertiary/aromatic N) is 1. The zero-order valence-electron chi connectivity index (χ0n) is 14.8. The molecular weight excluding hydrogens is 350 g/mol. The van der Waals surface area contributed by atoms with Gasteiger partial charge in [-0.05, 0) is 56.0 Å². The summed E-state index contributed by atoms with van der Waals surface area (Å²) in [5.41, 5.74) is 1.29. The van der Waals surface area contributed by atoms with E-state index < -0.39 is 0 Å². The second-order valence-corrected chi connectivity index (χ2v) is 9.33. The smallest absolute Gasteiger partial charge is 0.260 e. The molecule has 132 valence electrons. The third-order valence-corrected chi connectivity index (χ3v) is 7.41. The van der Waals surface area contributed by atoms with Crippen LogP contribution in [-0.4, -0.2) is 9.97 Å². The second kappa shape index (κ2) is 6.67. The minimum absolute atomic E-state index is 0.0380. The zero-order valence-corrected chi connectivity index (χ0v) is 16.5. The van der Waals surface area contributed by atoms with Gasteiger partial charge in [-0.2, -0.15) is 0 Å². The molecular formula is C19H24N3OS2+. The fourth-order valence-corrected chi connectivity index (χ4v) is 5.91. The molecule has 4 nitrogen and oxygen atoms in total. The molecule has 0 saturated carbocycles. The van der Waals surface area contributed by atoms with Crippen molar-refractivity contribution in [3.05, 3.63) is 49.0 Å². The lowest BCUT2D eigenvalue weighted by Gasteiger charge is -2.17. The van der Waals surface area contributed by atoms with Crippen LogP contribution in [0.15, 0.2) is 22.3 Å². The molecule has 3 N–H and O–H groups in total. The highest BCUT2D eigenvalue weighted by Crippen LogP contribution is 2.35. The van der Waals surface area contributed by atoms with E-state index in [1.165, 1.54) is 21.7 Å². The molecule has 3 heterocycles. The quantitative estimate of drug-likeness (QED) is 0.733. The van der Waals surface area contributed by atoms with E-state index in [4.69, 9.17) is 4.98 Å². The number of quaternary nitrogens is 1. The molecule has 6 heteroatoms. The summed E-state index contributed by atoms with van der Waals surface area (Å²) in [5, 5.41) is 5.22. The van der Waals surface area contributed by atoms with E-state index in [0.717, 1.165) is 28.9 Å². The lowest BCUT2D eigenvalue weighted by Crippen LogP contribution is -2.85. The number of H-pyrrole nitrogens is 1. The normalized spacial score (nSPS) is 19.7. The van der Waals surface area contributed by atoms with Gasteiger partial charge in [0, 0.05) is 4.88 Å². The van der Waals surface area contributed by atoms with Gasteiger partial charge in [0.05, 0.1) is 10.3 Å². The van der Waals surface area contributed by atoms with Crippen molar-refractivity contribution in [3.63, 3.8) is 0 Å². The SMILES string of the molecule is C[C@H]1CCc2c(sc3nc([C@H](C)[NH2+][C@@H](C)c4cccs4)[nH]c(=O)c23)C1. The Bertz CT molecular complexity index is 942. The topological polar surface area (TPSA) is 62.4 Å². The minimum atomic E-state index is 0.0380. The third-order valence-electron chi connectivity index (χ3n) is 5.18. The van der Waals surface area contributed by atoms with Gasteiger partial charge in [0.15, 0.2) is 5.82 Å². The van der Waals surface area contributed by atoms with Gasteiger partial charge in [0.2, 0.25) is 0 Å². The molecule has 0 bridgehead atoms. The van der Waals surface area contributed by atoms with Crippen LogP contribution in [0, 0.1) is 5.92 Å². The van der Waals surface area contributed by atoms with Crippen molar-refractivity contribution in [3.8, 4) is 0 Å². The van der Waals surface area contributed by atoms with E-state index in [-0.39, 0.29) is 11.6 Å². The van der Waals surface area contributed by atoms with Crippen LogP contribution in [0.1, 0.15) is 60.4 Å². The molecule has 0 saturated heterocycles. The predicted molar refractivity (Wildman–Crippen MR) is 105 cm³/mol. The van der Waals surface area contributed by atoms with Crippen LogP contribution >= 0.6 is 22.7 Å². The summed E-state index contributed by atoms with van der Waals surface area (Å²) >= 11 is 3.49. The fraction of sp³-hybridized carbons (Fsp3) is 0.474. The first kappa shape index (κ1) is 16.9. The van der Waals surface area contributed by atoms with Gasteiger partial charge < -0.3 is 10.3 Å². The molecule has 0 fully saturated rings. The number of hydrogen-bond donors (Lipinski definition) is 2. The number of rotatable bonds is 4. The van der Waals surface area contributed by atoms with Gasteiger partial charge in [0.1, 0.15) is 16.9 Å². The van der Waals surface area contributed by atoms with Crippen molar-refractivity contribution in [2.75, 3.05) is 0 Å². The number of aromatic nitrogens is 2. The summed E-state index contributed by atoms with van der Waals surface area (Å²) in [6.07, 6.45) is 3.27. The van der Waals surface area contributed by atoms with Crippen molar-refractivity contribution in [1.29, 1.82) is 0 Å². The lowest BCUT2D eigenvalue weighted by molar-refractivity contribution is -0.729. The number of aryl methyl sites for hydroxylation is 1. The van der Waals surface area contributed by atoms with Crippen LogP contribution in [0.25, 0.3) is 10.2 Å². The number of aromatic amines is 1. The van der Waals surface area contributed by atoms with Gasteiger partial charge in [-0.3, -0.25) is 4.79 Å². The van der Waals surface area contributed by atoms with Crippen molar-refractivity contribution >= 4 is 32.9 Å². The summed E-state index contributed by atoms with van der Waals surface area (Å²) in [7, 11) is 0. The Morgan fingerprint density at radius 1 is 1.36 bits per heavy atom. The van der Waals surface area contributed by atoms with Crippen molar-refractivity contribution < 1.29 is 5.32 Å². The summed E-state index contributed by atoms with van der Waals surface area (Å²) in [6.45, 7) is 6.60. The van der Waals surface area contributed by atoms with E-state index in [2.05, 4.69) is 48.6 Å². The summed E-state index contributed by atoms with van der Waals surface area (Å²) < 4.78 is 0. The van der Waals surface area contributed by atoms with Crippen LogP contribution in [0.4, 0.5) is 0 Å². The van der Waals surface area contributed by atoms with E-state index in [0.29, 0.717) is 12.0 Å². The monoisotopic (exact) mass is 374 g/mol. The Morgan fingerprint density at radius 2 is 2.20 bits per heavy atom. The first-order chi connectivity index (χ1) is 12.0. The molecule has 4 rings (SSSR count). The van der Waals surface area contributed by atoms with Gasteiger partial charge in [0.25, 0.3) is 5.56 Å². The maximum absolute atomic E-state index is 12.7. The molecule has 0 spiro atoms. The highest BCUT2D eigenvalue weighted by molar-refractivity contribution is 7.18. The number of hydrogen-bond acceptors (Lipinski definition) is 4. The Morgan fingerprint density at radius 3 is 2.96 bits per heavy atom. The van der Waals surface area contributed by atoms with E-state index in [9.17, 15) is 4.79 Å². The summed E-state index contributed by atoms with van der Waals surface area (Å²) in [5.74, 6) is 1.49. The van der Waals surface area contributed by atoms with Crippen LogP contribution in [-0.2, 0) is 12.8 Å². The van der Waals surface area contributed by atoms with Crippen LogP contribution in [0.3, 0.4) is 0 Å². The molecule has 3 aromatic rings. The fourth-order valence-electron chi connectivity index (χ4n) is 3.75. The minimum Gasteiger partial charge on any atom is -0.331 e. The predicted octanol–water partition coefficient (Wildman–Crippen LogP) is 3.56. The van der Waals surface area contributed by atoms with Gasteiger partial charge >= 0.3 is 0 Å². The Kier molecular flexibility index (Phi) is 4.52. The van der Waals surface area contributed by atoms with Gasteiger partial charge in [-0.1, -0.05) is 13.0 Å². The van der Waals surface area contributed by atoms with Crippen molar-refractivity contribution in [1.82, 2.24) is 9.97 Å². The number of nitrogens with one attached hydrogen (secondary N) is 1. The number of thiophene rings is 2. The van der Waals surface area contributed by atoms with Crippen molar-refractivity contribution in [2.24, 2.45) is 5.92 Å². The summed E-state index contributed by atoms with van der Waals surface area (Å²) in [4.78, 5) is 24.3. The molecule has 3 aromatic heterocycles. The average Bonchev–Trinajstić information content (AvgIpc) is 3.21. The molecule has 0 unspecified atom stereocenters. The first-order valence-corrected chi connectivity index (χ1v) is 10.7. The standard InChI is InChI=1S/C19H23N3OS2/c1-10-6-7-13-15(9-10)25-19-16(13)18(23)21-17(22-19)12(3)20-11(2)14-5-4-8-24-14/h4-5,8,10-12,20H,6-7,9H2,1-3H3,(H,21,22,23)/p+1/t10-,11-,12-/m0/s1. The molecule has 0 radical (unpaired) electrons. The Balaban J connectivity index is 1.65. The molecule has 1 aliphatic carbocycles. The summed E-state index contributed by atoms with van der Waals surface area (Å²) in [6, 6.07) is 4.71. The molecule has 1 aliphatic rings. The average molecular weight is 375 g/mol. The largest absolute Gasteiger partial charge is 0.331 e. The third kappa shape index (κ3) is 3.18. The lowest BCUT2D eigenvalue weighted by atomic mass is 9.89. The van der Waals surface area contributed by atoms with Crippen LogP contribution < -0.4 is 10.9 Å². The van der Waals surface area contributed by atoms with Gasteiger partial charge in [-0.15, -0.1) is 22.7 Å². The molecule has 0 aromatic carbocycles. The van der Waals surface area contributed by atoms with E-state index in [1.807, 2.05) is 0 Å². The Hall–Kier alpha value is -1.50. The highest BCUT2D eigenvalue weighted by Gasteiger charge is 2.25.